The lowest BCUT2D eigenvalue weighted by Gasteiger charge is -2.11. The number of rotatable bonds is 4. The second kappa shape index (κ2) is 10.5. The molecule has 10 rings (SSSR count). The van der Waals surface area contributed by atoms with E-state index in [0.29, 0.717) is 17.5 Å². The van der Waals surface area contributed by atoms with E-state index in [1.165, 1.54) is 0 Å². The highest BCUT2D eigenvalue weighted by Crippen LogP contribution is 2.41. The first-order chi connectivity index (χ1) is 23.8. The normalized spacial score (nSPS) is 11.8. The van der Waals surface area contributed by atoms with Crippen molar-refractivity contribution in [1.82, 2.24) is 15.0 Å². The van der Waals surface area contributed by atoms with Gasteiger partial charge in [-0.05, 0) is 58.3 Å². The van der Waals surface area contributed by atoms with Gasteiger partial charge in [-0.2, -0.15) is 0 Å². The van der Waals surface area contributed by atoms with Crippen LogP contribution in [0.3, 0.4) is 0 Å². The first-order valence-corrected chi connectivity index (χ1v) is 15.9. The molecule has 7 aromatic carbocycles. The highest BCUT2D eigenvalue weighted by molar-refractivity contribution is 6.22. The van der Waals surface area contributed by atoms with E-state index in [1.807, 2.05) is 60.7 Å². The van der Waals surface area contributed by atoms with Gasteiger partial charge in [0, 0.05) is 38.2 Å². The molecule has 5 nitrogen and oxygen atoms in total. The molecule has 0 bridgehead atoms. The Labute approximate surface area is 274 Å². The Balaban J connectivity index is 1.21. The molecule has 5 heteroatoms. The lowest BCUT2D eigenvalue weighted by Crippen LogP contribution is -2.00. The highest BCUT2D eigenvalue weighted by Gasteiger charge is 2.20. The predicted molar refractivity (Wildman–Crippen MR) is 194 cm³/mol. The van der Waals surface area contributed by atoms with Crippen LogP contribution in [0.4, 0.5) is 0 Å². The monoisotopic (exact) mass is 615 g/mol. The van der Waals surface area contributed by atoms with E-state index in [4.69, 9.17) is 23.8 Å². The van der Waals surface area contributed by atoms with Crippen LogP contribution in [0.25, 0.3) is 99.9 Å². The molecule has 3 heterocycles. The summed E-state index contributed by atoms with van der Waals surface area (Å²) in [5.74, 6) is 1.75. The molecule has 0 fully saturated rings. The summed E-state index contributed by atoms with van der Waals surface area (Å²) in [5, 5.41) is 6.43. The molecular weight excluding hydrogens is 590 g/mol. The molecule has 0 radical (unpaired) electrons. The van der Waals surface area contributed by atoms with E-state index in [0.717, 1.165) is 82.5 Å². The average Bonchev–Trinajstić information content (AvgIpc) is 3.72. The Morgan fingerprint density at radius 2 is 0.854 bits per heavy atom. The summed E-state index contributed by atoms with van der Waals surface area (Å²) < 4.78 is 12.8. The van der Waals surface area contributed by atoms with Crippen LogP contribution in [0.5, 0.6) is 0 Å². The van der Waals surface area contributed by atoms with E-state index in [1.54, 1.807) is 0 Å². The minimum atomic E-state index is 0.572. The molecule has 0 atom stereocenters. The third-order valence-electron chi connectivity index (χ3n) is 9.13. The van der Waals surface area contributed by atoms with Gasteiger partial charge in [0.1, 0.15) is 22.3 Å². The fourth-order valence-corrected chi connectivity index (χ4v) is 6.84. The maximum Gasteiger partial charge on any atom is 0.164 e. The minimum Gasteiger partial charge on any atom is -0.456 e. The van der Waals surface area contributed by atoms with Crippen LogP contribution < -0.4 is 0 Å². The molecule has 0 saturated carbocycles. The lowest BCUT2D eigenvalue weighted by atomic mass is 9.97. The third kappa shape index (κ3) is 4.22. The Morgan fingerprint density at radius 3 is 1.67 bits per heavy atom. The molecular formula is C43H25N3O2. The Morgan fingerprint density at radius 1 is 0.312 bits per heavy atom. The summed E-state index contributed by atoms with van der Waals surface area (Å²) in [5.41, 5.74) is 8.18. The van der Waals surface area contributed by atoms with Crippen molar-refractivity contribution in [1.29, 1.82) is 0 Å². The predicted octanol–water partition coefficient (Wildman–Crippen LogP) is 11.5. The summed E-state index contributed by atoms with van der Waals surface area (Å²) in [6.07, 6.45) is 0. The highest BCUT2D eigenvalue weighted by atomic mass is 16.3. The van der Waals surface area contributed by atoms with Crippen molar-refractivity contribution in [3.8, 4) is 45.3 Å². The van der Waals surface area contributed by atoms with Crippen molar-refractivity contribution in [3.05, 3.63) is 152 Å². The van der Waals surface area contributed by atoms with Gasteiger partial charge in [0.15, 0.2) is 17.5 Å². The fourth-order valence-electron chi connectivity index (χ4n) is 6.84. The van der Waals surface area contributed by atoms with Crippen molar-refractivity contribution < 1.29 is 8.83 Å². The van der Waals surface area contributed by atoms with Crippen LogP contribution in [0.15, 0.2) is 160 Å². The number of benzene rings is 7. The van der Waals surface area contributed by atoms with Crippen molar-refractivity contribution in [2.75, 3.05) is 0 Å². The van der Waals surface area contributed by atoms with Gasteiger partial charge in [0.2, 0.25) is 0 Å². The first kappa shape index (κ1) is 26.6. The smallest absolute Gasteiger partial charge is 0.164 e. The van der Waals surface area contributed by atoms with Crippen LogP contribution >= 0.6 is 0 Å². The molecule has 0 aliphatic heterocycles. The summed E-state index contributed by atoms with van der Waals surface area (Å²) in [4.78, 5) is 15.2. The second-order valence-electron chi connectivity index (χ2n) is 12.0. The zero-order valence-corrected chi connectivity index (χ0v) is 25.6. The van der Waals surface area contributed by atoms with E-state index >= 15 is 0 Å². The van der Waals surface area contributed by atoms with Crippen LogP contribution in [-0.4, -0.2) is 15.0 Å². The van der Waals surface area contributed by atoms with Gasteiger partial charge < -0.3 is 8.83 Å². The summed E-state index contributed by atoms with van der Waals surface area (Å²) >= 11 is 0. The Hall–Kier alpha value is -6.59. The van der Waals surface area contributed by atoms with Crippen molar-refractivity contribution >= 4 is 54.6 Å². The minimum absolute atomic E-state index is 0.572. The number of nitrogens with zero attached hydrogens (tertiary/aromatic N) is 3. The quantitative estimate of drug-likeness (QED) is 0.197. The molecule has 0 saturated heterocycles. The molecule has 48 heavy (non-hydrogen) atoms. The molecule has 0 N–H and O–H groups in total. The fraction of sp³-hybridized carbons (Fsp3) is 0. The number of aromatic nitrogens is 3. The summed E-state index contributed by atoms with van der Waals surface area (Å²) in [7, 11) is 0. The van der Waals surface area contributed by atoms with Gasteiger partial charge in [0.05, 0.1) is 0 Å². The summed E-state index contributed by atoms with van der Waals surface area (Å²) in [6, 6.07) is 51.6. The lowest BCUT2D eigenvalue weighted by molar-refractivity contribution is 0.669. The molecule has 10 aromatic rings. The molecule has 0 aliphatic rings. The van der Waals surface area contributed by atoms with Gasteiger partial charge in [-0.25, -0.2) is 15.0 Å². The standard InChI is InChI=1S/C43H25N3O2/c1-3-11-26(12-4-1)28-19-22-34-38(23-28)48-39-25-35(30-15-7-8-17-33(30)40(34)39)43-45-41(27-13-5-2-6-14-27)44-42(46-43)29-20-21-32-31-16-9-10-18-36(31)47-37(32)24-29/h1-25H. The molecule has 3 aromatic heterocycles. The molecule has 224 valence electrons. The number of para-hydroxylation sites is 1. The van der Waals surface area contributed by atoms with Gasteiger partial charge in [-0.15, -0.1) is 0 Å². The zero-order chi connectivity index (χ0) is 31.6. The van der Waals surface area contributed by atoms with Gasteiger partial charge in [-0.1, -0.05) is 115 Å². The molecule has 0 amide bonds. The molecule has 0 unspecified atom stereocenters. The van der Waals surface area contributed by atoms with Crippen LogP contribution in [0.2, 0.25) is 0 Å². The number of furan rings is 2. The van der Waals surface area contributed by atoms with Crippen LogP contribution in [0.1, 0.15) is 0 Å². The number of hydrogen-bond acceptors (Lipinski definition) is 5. The SMILES string of the molecule is c1ccc(-c2ccc3c(c2)oc2cc(-c4nc(-c5ccccc5)nc(-c5ccc6c(c5)oc5ccccc56)n4)c4ccccc4c23)cc1. The Kier molecular flexibility index (Phi) is 5.81. The third-order valence-corrected chi connectivity index (χ3v) is 9.13. The van der Waals surface area contributed by atoms with Crippen LogP contribution in [-0.2, 0) is 0 Å². The summed E-state index contributed by atoms with van der Waals surface area (Å²) in [6.45, 7) is 0. The van der Waals surface area contributed by atoms with E-state index in [2.05, 4.69) is 91.0 Å². The van der Waals surface area contributed by atoms with Crippen molar-refractivity contribution in [3.63, 3.8) is 0 Å². The maximum atomic E-state index is 6.61. The topological polar surface area (TPSA) is 65.0 Å². The number of fused-ring (bicyclic) bond motifs is 8. The van der Waals surface area contributed by atoms with Gasteiger partial charge in [-0.3, -0.25) is 0 Å². The Bertz CT molecular complexity index is 2840. The van der Waals surface area contributed by atoms with E-state index in [-0.39, 0.29) is 0 Å². The molecule has 0 spiro atoms. The van der Waals surface area contributed by atoms with Gasteiger partial charge >= 0.3 is 0 Å². The first-order valence-electron chi connectivity index (χ1n) is 15.9. The average molecular weight is 616 g/mol. The zero-order valence-electron chi connectivity index (χ0n) is 25.6. The number of hydrogen-bond donors (Lipinski definition) is 0. The largest absolute Gasteiger partial charge is 0.456 e. The van der Waals surface area contributed by atoms with Crippen LogP contribution in [0, 0.1) is 0 Å². The second-order valence-corrected chi connectivity index (χ2v) is 12.0. The molecule has 0 aliphatic carbocycles. The van der Waals surface area contributed by atoms with Gasteiger partial charge in [0.25, 0.3) is 0 Å². The maximum absolute atomic E-state index is 6.61. The van der Waals surface area contributed by atoms with Crippen molar-refractivity contribution in [2.45, 2.75) is 0 Å². The van der Waals surface area contributed by atoms with Crippen molar-refractivity contribution in [2.24, 2.45) is 0 Å². The van der Waals surface area contributed by atoms with E-state index < -0.39 is 0 Å². The van der Waals surface area contributed by atoms with E-state index in [9.17, 15) is 0 Å².